The normalized spacial score (nSPS) is 9.74. The van der Waals surface area contributed by atoms with Crippen molar-refractivity contribution in [2.75, 3.05) is 11.9 Å². The van der Waals surface area contributed by atoms with Gasteiger partial charge in [-0.1, -0.05) is 26.0 Å². The Bertz CT molecular complexity index is 846. The molecule has 2 aromatic heterocycles. The monoisotopic (exact) mass is 366 g/mol. The standard InChI is InChI=1S/C20H20N4O.C2H6.2H2/c1-15-13-18(4-5-19(15)17-7-10-21-11-8-17)24-20(25)23-12-6-16-3-2-9-22-14-16;1-2;;/h2-5,7-11,13-14H,6,12H2,1H3,(H2,23,24,25);1-2H3;2*1H. The molecule has 5 nitrogen and oxygen atoms in total. The van der Waals surface area contributed by atoms with Crippen molar-refractivity contribution in [3.63, 3.8) is 0 Å². The van der Waals surface area contributed by atoms with Gasteiger partial charge in [0.25, 0.3) is 0 Å². The number of hydrogen-bond acceptors (Lipinski definition) is 3. The Kier molecular flexibility index (Phi) is 7.97. The highest BCUT2D eigenvalue weighted by molar-refractivity contribution is 5.89. The summed E-state index contributed by atoms with van der Waals surface area (Å²) in [7, 11) is 0. The highest BCUT2D eigenvalue weighted by Crippen LogP contribution is 2.25. The van der Waals surface area contributed by atoms with Gasteiger partial charge in [0.05, 0.1) is 0 Å². The predicted octanol–water partition coefficient (Wildman–Crippen LogP) is 5.33. The molecule has 0 radical (unpaired) electrons. The first kappa shape index (κ1) is 20.1. The lowest BCUT2D eigenvalue weighted by atomic mass is 10.0. The summed E-state index contributed by atoms with van der Waals surface area (Å²) in [6.45, 7) is 6.59. The van der Waals surface area contributed by atoms with E-state index in [1.54, 1.807) is 24.8 Å². The number of pyridine rings is 2. The van der Waals surface area contributed by atoms with E-state index >= 15 is 0 Å². The van der Waals surface area contributed by atoms with E-state index in [9.17, 15) is 4.79 Å². The number of hydrogen-bond donors (Lipinski definition) is 2. The van der Waals surface area contributed by atoms with Crippen LogP contribution in [0.2, 0.25) is 0 Å². The molecule has 2 heterocycles. The Morgan fingerprint density at radius 1 is 1.04 bits per heavy atom. The molecule has 0 aliphatic carbocycles. The highest BCUT2D eigenvalue weighted by Gasteiger charge is 2.05. The van der Waals surface area contributed by atoms with E-state index in [1.165, 1.54) is 0 Å². The number of benzene rings is 1. The van der Waals surface area contributed by atoms with Crippen LogP contribution >= 0.6 is 0 Å². The van der Waals surface area contributed by atoms with Crippen LogP contribution in [-0.4, -0.2) is 22.5 Å². The molecule has 27 heavy (non-hydrogen) atoms. The molecule has 0 aliphatic heterocycles. The Balaban J connectivity index is 0.00000190. The van der Waals surface area contributed by atoms with Gasteiger partial charge < -0.3 is 10.6 Å². The van der Waals surface area contributed by atoms with Crippen LogP contribution in [0.1, 0.15) is 27.8 Å². The first-order valence-corrected chi connectivity index (χ1v) is 9.17. The predicted molar refractivity (Wildman–Crippen MR) is 115 cm³/mol. The average Bonchev–Trinajstić information content (AvgIpc) is 2.71. The fraction of sp³-hybridized carbons (Fsp3) is 0.227. The summed E-state index contributed by atoms with van der Waals surface area (Å²) in [4.78, 5) is 20.1. The molecule has 0 fully saturated rings. The second-order valence-corrected chi connectivity index (χ2v) is 5.76. The first-order chi connectivity index (χ1) is 13.2. The largest absolute Gasteiger partial charge is 0.338 e. The van der Waals surface area contributed by atoms with E-state index in [-0.39, 0.29) is 8.88 Å². The topological polar surface area (TPSA) is 66.9 Å². The number of nitrogens with one attached hydrogen (secondary N) is 2. The zero-order valence-electron chi connectivity index (χ0n) is 16.1. The summed E-state index contributed by atoms with van der Waals surface area (Å²) >= 11 is 0. The van der Waals surface area contributed by atoms with Crippen molar-refractivity contribution in [3.05, 3.63) is 78.4 Å². The third-order valence-corrected chi connectivity index (χ3v) is 3.90. The number of amides is 2. The van der Waals surface area contributed by atoms with E-state index in [0.29, 0.717) is 6.54 Å². The molecule has 3 aromatic rings. The van der Waals surface area contributed by atoms with Gasteiger partial charge in [0.2, 0.25) is 0 Å². The minimum Gasteiger partial charge on any atom is -0.338 e. The molecule has 1 aromatic carbocycles. The lowest BCUT2D eigenvalue weighted by Crippen LogP contribution is -2.30. The number of carbonyl (C=O) groups is 1. The minimum absolute atomic E-state index is 0. The Morgan fingerprint density at radius 3 is 2.48 bits per heavy atom. The van der Waals surface area contributed by atoms with Gasteiger partial charge in [0.15, 0.2) is 0 Å². The smallest absolute Gasteiger partial charge is 0.319 e. The molecule has 0 spiro atoms. The van der Waals surface area contributed by atoms with Crippen molar-refractivity contribution >= 4 is 11.7 Å². The first-order valence-electron chi connectivity index (χ1n) is 9.17. The van der Waals surface area contributed by atoms with Crippen molar-refractivity contribution in [2.24, 2.45) is 0 Å². The average molecular weight is 367 g/mol. The molecule has 5 heteroatoms. The zero-order valence-corrected chi connectivity index (χ0v) is 16.1. The molecular formula is C22H30N4O. The van der Waals surface area contributed by atoms with Gasteiger partial charge >= 0.3 is 6.03 Å². The van der Waals surface area contributed by atoms with Crippen LogP contribution < -0.4 is 10.6 Å². The number of anilines is 1. The van der Waals surface area contributed by atoms with Crippen LogP contribution in [0.15, 0.2) is 67.3 Å². The summed E-state index contributed by atoms with van der Waals surface area (Å²) in [5.74, 6) is 0. The fourth-order valence-corrected chi connectivity index (χ4v) is 2.64. The van der Waals surface area contributed by atoms with Crippen LogP contribution in [0.5, 0.6) is 0 Å². The Morgan fingerprint density at radius 2 is 1.81 bits per heavy atom. The van der Waals surface area contributed by atoms with Gasteiger partial charge in [0.1, 0.15) is 0 Å². The molecule has 3 rings (SSSR count). The van der Waals surface area contributed by atoms with Crippen molar-refractivity contribution in [1.82, 2.24) is 15.3 Å². The van der Waals surface area contributed by atoms with E-state index < -0.39 is 0 Å². The summed E-state index contributed by atoms with van der Waals surface area (Å²) in [5.41, 5.74) is 5.21. The number of rotatable bonds is 5. The number of nitrogens with zero attached hydrogens (tertiary/aromatic N) is 2. The minimum atomic E-state index is -0.208. The molecule has 0 aliphatic rings. The maximum absolute atomic E-state index is 12.0. The zero-order chi connectivity index (χ0) is 19.5. The van der Waals surface area contributed by atoms with E-state index in [0.717, 1.165) is 34.4 Å². The van der Waals surface area contributed by atoms with Crippen molar-refractivity contribution in [2.45, 2.75) is 27.2 Å². The quantitative estimate of drug-likeness (QED) is 0.641. The third-order valence-electron chi connectivity index (χ3n) is 3.90. The highest BCUT2D eigenvalue weighted by atomic mass is 16.2. The summed E-state index contributed by atoms with van der Waals surface area (Å²) < 4.78 is 0. The molecule has 0 bridgehead atoms. The van der Waals surface area contributed by atoms with Crippen LogP contribution in [0, 0.1) is 6.92 Å². The van der Waals surface area contributed by atoms with Crippen molar-refractivity contribution < 1.29 is 7.65 Å². The SMILES string of the molecule is CC.Cc1cc(NC(=O)NCCc2cccnc2)ccc1-c1ccncc1.[HH].[HH]. The fourth-order valence-electron chi connectivity index (χ4n) is 2.64. The summed E-state index contributed by atoms with van der Waals surface area (Å²) in [6.07, 6.45) is 7.84. The molecular weight excluding hydrogens is 336 g/mol. The van der Waals surface area contributed by atoms with Crippen molar-refractivity contribution in [3.8, 4) is 11.1 Å². The van der Waals surface area contributed by atoms with Gasteiger partial charge in [-0.15, -0.1) is 0 Å². The van der Waals surface area contributed by atoms with Crippen LogP contribution in [0.4, 0.5) is 10.5 Å². The van der Waals surface area contributed by atoms with Crippen LogP contribution in [-0.2, 0) is 6.42 Å². The maximum atomic E-state index is 12.0. The van der Waals surface area contributed by atoms with E-state index in [1.807, 2.05) is 63.2 Å². The third kappa shape index (κ3) is 6.22. The van der Waals surface area contributed by atoms with Gasteiger partial charge in [-0.2, -0.15) is 0 Å². The summed E-state index contributed by atoms with van der Waals surface area (Å²) in [5, 5.41) is 5.73. The van der Waals surface area contributed by atoms with Crippen LogP contribution in [0.25, 0.3) is 11.1 Å². The van der Waals surface area contributed by atoms with Gasteiger partial charge in [-0.3, -0.25) is 9.97 Å². The van der Waals surface area contributed by atoms with Gasteiger partial charge in [0, 0.05) is 39.9 Å². The second kappa shape index (κ2) is 10.7. The molecule has 0 saturated heterocycles. The molecule has 0 unspecified atom stereocenters. The molecule has 0 saturated carbocycles. The van der Waals surface area contributed by atoms with Crippen molar-refractivity contribution in [1.29, 1.82) is 0 Å². The molecule has 2 N–H and O–H groups in total. The number of aryl methyl sites for hydroxylation is 1. The van der Waals surface area contributed by atoms with Gasteiger partial charge in [-0.25, -0.2) is 4.79 Å². The molecule has 2 amide bonds. The number of urea groups is 1. The Labute approximate surface area is 163 Å². The van der Waals surface area contributed by atoms with Gasteiger partial charge in [-0.05, 0) is 65.9 Å². The van der Waals surface area contributed by atoms with Crippen LogP contribution in [0.3, 0.4) is 0 Å². The lowest BCUT2D eigenvalue weighted by molar-refractivity contribution is 0.252. The number of aromatic nitrogens is 2. The molecule has 0 atom stereocenters. The van der Waals surface area contributed by atoms with E-state index in [4.69, 9.17) is 0 Å². The summed E-state index contributed by atoms with van der Waals surface area (Å²) in [6, 6.07) is 13.5. The maximum Gasteiger partial charge on any atom is 0.319 e. The molecule has 144 valence electrons. The second-order valence-electron chi connectivity index (χ2n) is 5.76. The lowest BCUT2D eigenvalue weighted by Gasteiger charge is -2.11. The number of carbonyl (C=O) groups excluding carboxylic acids is 1. The Hall–Kier alpha value is -3.21. The van der Waals surface area contributed by atoms with E-state index in [2.05, 4.69) is 20.6 Å².